The number of aromatic nitrogens is 1. The van der Waals surface area contributed by atoms with Crippen molar-refractivity contribution in [1.29, 1.82) is 0 Å². The highest BCUT2D eigenvalue weighted by Crippen LogP contribution is 2.25. The molecule has 0 spiro atoms. The maximum atomic E-state index is 5.88. The van der Waals surface area contributed by atoms with Gasteiger partial charge in [0.1, 0.15) is 5.82 Å². The lowest BCUT2D eigenvalue weighted by Crippen LogP contribution is -2.36. The van der Waals surface area contributed by atoms with Crippen LogP contribution >= 0.6 is 0 Å². The van der Waals surface area contributed by atoms with Crippen molar-refractivity contribution in [3.63, 3.8) is 0 Å². The summed E-state index contributed by atoms with van der Waals surface area (Å²) in [6, 6.07) is 4.00. The molecule has 0 radical (unpaired) electrons. The first-order valence-corrected chi connectivity index (χ1v) is 6.68. The second-order valence-electron chi connectivity index (χ2n) is 4.82. The Kier molecular flexibility index (Phi) is 5.89. The lowest BCUT2D eigenvalue weighted by Gasteiger charge is -2.29. The summed E-state index contributed by atoms with van der Waals surface area (Å²) in [5.41, 5.74) is 6.45. The van der Waals surface area contributed by atoms with Crippen LogP contribution in [0.15, 0.2) is 12.1 Å². The van der Waals surface area contributed by atoms with Gasteiger partial charge >= 0.3 is 0 Å². The number of rotatable bonds is 7. The highest BCUT2D eigenvalue weighted by molar-refractivity contribution is 5.55. The molecule has 0 aliphatic heterocycles. The van der Waals surface area contributed by atoms with E-state index < -0.39 is 0 Å². The zero-order valence-electron chi connectivity index (χ0n) is 12.5. The maximum Gasteiger partial charge on any atom is 0.239 e. The van der Waals surface area contributed by atoms with Gasteiger partial charge in [-0.25, -0.2) is 0 Å². The molecule has 1 unspecified atom stereocenters. The Balaban J connectivity index is 2.98. The minimum absolute atomic E-state index is 0.0523. The normalized spacial score (nSPS) is 12.5. The monoisotopic (exact) mass is 267 g/mol. The first-order valence-electron chi connectivity index (χ1n) is 6.68. The molecule has 0 aliphatic carbocycles. The fourth-order valence-electron chi connectivity index (χ4n) is 1.95. The number of hydrogen-bond acceptors (Lipinski definition) is 5. The van der Waals surface area contributed by atoms with Gasteiger partial charge in [0.2, 0.25) is 5.88 Å². The van der Waals surface area contributed by atoms with E-state index in [1.807, 2.05) is 26.0 Å². The fraction of sp³-hybridized carbons (Fsp3) is 0.643. The standard InChI is InChI=1S/C14H25N3O2/c1-6-17(11(4)9-18-5)13-8-7-12(15)14(16-13)19-10(2)3/h7-8,10-11H,6,9,15H2,1-5H3. The van der Waals surface area contributed by atoms with Crippen LogP contribution in [0.5, 0.6) is 5.88 Å². The molecule has 1 atom stereocenters. The average Bonchev–Trinajstić information content (AvgIpc) is 2.34. The largest absolute Gasteiger partial charge is 0.473 e. The van der Waals surface area contributed by atoms with Crippen molar-refractivity contribution in [2.45, 2.75) is 39.8 Å². The van der Waals surface area contributed by atoms with Crippen LogP contribution in [-0.4, -0.2) is 37.4 Å². The maximum absolute atomic E-state index is 5.88. The van der Waals surface area contributed by atoms with Crippen molar-refractivity contribution < 1.29 is 9.47 Å². The number of ether oxygens (including phenoxy) is 2. The van der Waals surface area contributed by atoms with E-state index in [0.29, 0.717) is 18.2 Å². The molecule has 5 heteroatoms. The summed E-state index contributed by atoms with van der Waals surface area (Å²) in [5.74, 6) is 1.35. The average molecular weight is 267 g/mol. The number of likely N-dealkylation sites (N-methyl/N-ethyl adjacent to an activating group) is 1. The fourth-order valence-corrected chi connectivity index (χ4v) is 1.95. The number of methoxy groups -OCH3 is 1. The quantitative estimate of drug-likeness (QED) is 0.821. The van der Waals surface area contributed by atoms with E-state index in [-0.39, 0.29) is 12.1 Å². The number of nitrogens with zero attached hydrogens (tertiary/aromatic N) is 2. The second-order valence-corrected chi connectivity index (χ2v) is 4.82. The molecule has 0 bridgehead atoms. The van der Waals surface area contributed by atoms with Crippen LogP contribution in [0.2, 0.25) is 0 Å². The molecule has 1 heterocycles. The zero-order chi connectivity index (χ0) is 14.4. The van der Waals surface area contributed by atoms with Gasteiger partial charge in [-0.1, -0.05) is 0 Å². The van der Waals surface area contributed by atoms with Crippen LogP contribution in [0.4, 0.5) is 11.5 Å². The van der Waals surface area contributed by atoms with Gasteiger partial charge in [-0.2, -0.15) is 4.98 Å². The van der Waals surface area contributed by atoms with Crippen LogP contribution in [0.25, 0.3) is 0 Å². The molecule has 0 aliphatic rings. The predicted molar refractivity (Wildman–Crippen MR) is 78.8 cm³/mol. The van der Waals surface area contributed by atoms with Crippen LogP contribution in [0.1, 0.15) is 27.7 Å². The summed E-state index contributed by atoms with van der Waals surface area (Å²) < 4.78 is 10.8. The first-order chi connectivity index (χ1) is 8.99. The summed E-state index contributed by atoms with van der Waals surface area (Å²) in [4.78, 5) is 6.67. The Morgan fingerprint density at radius 2 is 2.00 bits per heavy atom. The number of pyridine rings is 1. The van der Waals surface area contributed by atoms with Crippen LogP contribution in [0, 0.1) is 0 Å². The smallest absolute Gasteiger partial charge is 0.239 e. The molecular weight excluding hydrogens is 242 g/mol. The SMILES string of the molecule is CCN(c1ccc(N)c(OC(C)C)n1)C(C)COC. The molecule has 5 nitrogen and oxygen atoms in total. The summed E-state index contributed by atoms with van der Waals surface area (Å²) in [6.07, 6.45) is 0.0523. The van der Waals surface area contributed by atoms with Crippen LogP contribution < -0.4 is 15.4 Å². The van der Waals surface area contributed by atoms with Crippen molar-refractivity contribution >= 4 is 11.5 Å². The van der Waals surface area contributed by atoms with Gasteiger partial charge < -0.3 is 20.1 Å². The van der Waals surface area contributed by atoms with Gasteiger partial charge in [-0.15, -0.1) is 0 Å². The molecule has 19 heavy (non-hydrogen) atoms. The van der Waals surface area contributed by atoms with Crippen molar-refractivity contribution in [3.8, 4) is 5.88 Å². The van der Waals surface area contributed by atoms with E-state index >= 15 is 0 Å². The third kappa shape index (κ3) is 4.28. The van der Waals surface area contributed by atoms with Gasteiger partial charge in [0.15, 0.2) is 0 Å². The van der Waals surface area contributed by atoms with Crippen LogP contribution in [0.3, 0.4) is 0 Å². The molecule has 0 saturated carbocycles. The molecule has 0 saturated heterocycles. The van der Waals surface area contributed by atoms with Crippen molar-refractivity contribution in [2.75, 3.05) is 30.9 Å². The Hall–Kier alpha value is -1.49. The van der Waals surface area contributed by atoms with Gasteiger partial charge in [0.25, 0.3) is 0 Å². The number of anilines is 2. The third-order valence-electron chi connectivity index (χ3n) is 2.80. The van der Waals surface area contributed by atoms with Gasteiger partial charge in [-0.05, 0) is 39.8 Å². The molecular formula is C14H25N3O2. The van der Waals surface area contributed by atoms with Gasteiger partial charge in [0.05, 0.1) is 24.4 Å². The van der Waals surface area contributed by atoms with Crippen molar-refractivity contribution in [1.82, 2.24) is 4.98 Å². The topological polar surface area (TPSA) is 60.6 Å². The highest BCUT2D eigenvalue weighted by atomic mass is 16.5. The highest BCUT2D eigenvalue weighted by Gasteiger charge is 2.16. The molecule has 0 amide bonds. The lowest BCUT2D eigenvalue weighted by atomic mass is 10.2. The number of nitrogen functional groups attached to an aromatic ring is 1. The first kappa shape index (κ1) is 15.6. The second kappa shape index (κ2) is 7.19. The summed E-state index contributed by atoms with van der Waals surface area (Å²) >= 11 is 0. The summed E-state index contributed by atoms with van der Waals surface area (Å²) in [7, 11) is 1.70. The summed E-state index contributed by atoms with van der Waals surface area (Å²) in [5, 5.41) is 0. The van der Waals surface area contributed by atoms with Crippen molar-refractivity contribution in [3.05, 3.63) is 12.1 Å². The van der Waals surface area contributed by atoms with Crippen molar-refractivity contribution in [2.24, 2.45) is 0 Å². The summed E-state index contributed by atoms with van der Waals surface area (Å²) in [6.45, 7) is 9.61. The van der Waals surface area contributed by atoms with E-state index in [1.54, 1.807) is 7.11 Å². The van der Waals surface area contributed by atoms with E-state index in [2.05, 4.69) is 23.7 Å². The molecule has 1 aromatic rings. The van der Waals surface area contributed by atoms with E-state index in [4.69, 9.17) is 15.2 Å². The predicted octanol–water partition coefficient (Wildman–Crippen LogP) is 2.31. The Morgan fingerprint density at radius 3 is 2.53 bits per heavy atom. The van der Waals surface area contributed by atoms with Gasteiger partial charge in [-0.3, -0.25) is 0 Å². The Labute approximate surface area is 115 Å². The minimum Gasteiger partial charge on any atom is -0.473 e. The molecule has 0 fully saturated rings. The van der Waals surface area contributed by atoms with E-state index in [0.717, 1.165) is 12.4 Å². The number of nitrogens with two attached hydrogens (primary N) is 1. The molecule has 1 aromatic heterocycles. The minimum atomic E-state index is 0.0523. The van der Waals surface area contributed by atoms with Gasteiger partial charge in [0, 0.05) is 13.7 Å². The molecule has 0 aromatic carbocycles. The number of hydrogen-bond donors (Lipinski definition) is 1. The Bertz CT molecular complexity index is 396. The van der Waals surface area contributed by atoms with E-state index in [9.17, 15) is 0 Å². The van der Waals surface area contributed by atoms with E-state index in [1.165, 1.54) is 0 Å². The molecule has 2 N–H and O–H groups in total. The lowest BCUT2D eigenvalue weighted by molar-refractivity contribution is 0.181. The zero-order valence-corrected chi connectivity index (χ0v) is 12.5. The third-order valence-corrected chi connectivity index (χ3v) is 2.80. The van der Waals surface area contributed by atoms with Crippen LogP contribution in [-0.2, 0) is 4.74 Å². The molecule has 1 rings (SSSR count). The Morgan fingerprint density at radius 1 is 1.32 bits per heavy atom. The molecule has 108 valence electrons.